The molecule has 0 radical (unpaired) electrons. The number of aliphatic imine (C=N–C) groups is 1. The molecule has 1 atom stereocenters. The van der Waals surface area contributed by atoms with Gasteiger partial charge in [0.25, 0.3) is 0 Å². The monoisotopic (exact) mass is 510 g/mol. The van der Waals surface area contributed by atoms with E-state index in [4.69, 9.17) is 0 Å². The fourth-order valence-corrected chi connectivity index (χ4v) is 3.70. The Hall–Kier alpha value is -1.71. The quantitative estimate of drug-likeness (QED) is 0.256. The standard InChI is InChI=1S/C21H26N4OS.HI/c1-3-22-20(25-15-21(2,26)18-10-13-27-14-18)24-12-9-17-7-4-6-16-8-5-11-23-19(16)17;/h4-8,10-11,13-14,26H,3,9,12,15H2,1-2H3,(H2,22,24,25);1H. The van der Waals surface area contributed by atoms with Crippen LogP contribution in [0.4, 0.5) is 0 Å². The van der Waals surface area contributed by atoms with Gasteiger partial charge in [-0.15, -0.1) is 24.0 Å². The van der Waals surface area contributed by atoms with Gasteiger partial charge in [-0.2, -0.15) is 11.3 Å². The highest BCUT2D eigenvalue weighted by Crippen LogP contribution is 2.23. The van der Waals surface area contributed by atoms with Crippen LogP contribution in [0.25, 0.3) is 10.9 Å². The number of nitrogens with zero attached hydrogens (tertiary/aromatic N) is 2. The average Bonchev–Trinajstić information content (AvgIpc) is 3.22. The van der Waals surface area contributed by atoms with Crippen LogP contribution in [0.3, 0.4) is 0 Å². The summed E-state index contributed by atoms with van der Waals surface area (Å²) in [4.78, 5) is 9.07. The van der Waals surface area contributed by atoms with E-state index in [-0.39, 0.29) is 24.0 Å². The molecule has 2 aromatic heterocycles. The van der Waals surface area contributed by atoms with Crippen molar-refractivity contribution in [1.29, 1.82) is 0 Å². The Morgan fingerprint density at radius 3 is 2.79 bits per heavy atom. The zero-order valence-corrected chi connectivity index (χ0v) is 19.3. The van der Waals surface area contributed by atoms with E-state index in [9.17, 15) is 5.11 Å². The highest BCUT2D eigenvalue weighted by Gasteiger charge is 2.23. The van der Waals surface area contributed by atoms with Crippen LogP contribution in [0.2, 0.25) is 0 Å². The number of halogens is 1. The van der Waals surface area contributed by atoms with E-state index in [0.717, 1.165) is 36.0 Å². The summed E-state index contributed by atoms with van der Waals surface area (Å²) in [7, 11) is 0. The maximum Gasteiger partial charge on any atom is 0.191 e. The number of guanidine groups is 1. The zero-order chi connectivity index (χ0) is 19.1. The van der Waals surface area contributed by atoms with Crippen molar-refractivity contribution in [3.05, 3.63) is 64.5 Å². The Morgan fingerprint density at radius 1 is 1.21 bits per heavy atom. The fourth-order valence-electron chi connectivity index (χ4n) is 2.92. The van der Waals surface area contributed by atoms with Gasteiger partial charge >= 0.3 is 0 Å². The summed E-state index contributed by atoms with van der Waals surface area (Å²) < 4.78 is 0. The van der Waals surface area contributed by atoms with Crippen LogP contribution in [0.1, 0.15) is 25.0 Å². The van der Waals surface area contributed by atoms with Crippen LogP contribution in [0.15, 0.2) is 58.3 Å². The normalized spacial score (nSPS) is 13.6. The summed E-state index contributed by atoms with van der Waals surface area (Å²) in [5, 5.41) is 22.3. The van der Waals surface area contributed by atoms with Gasteiger partial charge in [-0.05, 0) is 54.3 Å². The van der Waals surface area contributed by atoms with Crippen LogP contribution < -0.4 is 10.6 Å². The molecule has 0 fully saturated rings. The number of fused-ring (bicyclic) bond motifs is 1. The third-order valence-corrected chi connectivity index (χ3v) is 5.12. The lowest BCUT2D eigenvalue weighted by Gasteiger charge is -2.21. The summed E-state index contributed by atoms with van der Waals surface area (Å²) in [5.74, 6) is 0.709. The minimum atomic E-state index is -0.970. The molecule has 0 amide bonds. The third-order valence-electron chi connectivity index (χ3n) is 4.44. The first-order valence-electron chi connectivity index (χ1n) is 9.20. The molecule has 5 nitrogen and oxygen atoms in total. The maximum absolute atomic E-state index is 10.6. The largest absolute Gasteiger partial charge is 0.383 e. The first-order valence-corrected chi connectivity index (χ1v) is 10.1. The van der Waals surface area contributed by atoms with E-state index in [1.807, 2.05) is 36.0 Å². The molecule has 0 bridgehead atoms. The van der Waals surface area contributed by atoms with Gasteiger partial charge < -0.3 is 15.7 Å². The van der Waals surface area contributed by atoms with E-state index >= 15 is 0 Å². The van der Waals surface area contributed by atoms with Crippen molar-refractivity contribution in [1.82, 2.24) is 15.6 Å². The van der Waals surface area contributed by atoms with Gasteiger partial charge in [0.15, 0.2) is 5.96 Å². The Bertz CT molecular complexity index is 891. The molecule has 1 aromatic carbocycles. The van der Waals surface area contributed by atoms with Crippen LogP contribution in [-0.4, -0.2) is 35.7 Å². The number of aliphatic hydroxyl groups is 1. The van der Waals surface area contributed by atoms with E-state index in [0.29, 0.717) is 12.5 Å². The average molecular weight is 510 g/mol. The lowest BCUT2D eigenvalue weighted by molar-refractivity contribution is 0.0677. The van der Waals surface area contributed by atoms with Crippen molar-refractivity contribution in [2.24, 2.45) is 4.99 Å². The van der Waals surface area contributed by atoms with E-state index in [1.54, 1.807) is 18.3 Å². The van der Waals surface area contributed by atoms with Gasteiger partial charge in [0.1, 0.15) is 5.60 Å². The van der Waals surface area contributed by atoms with Crippen LogP contribution in [0, 0.1) is 0 Å². The maximum atomic E-state index is 10.6. The van der Waals surface area contributed by atoms with E-state index in [2.05, 4.69) is 44.9 Å². The number of thiophene rings is 1. The number of rotatable bonds is 7. The molecule has 3 rings (SSSR count). The molecule has 0 aliphatic carbocycles. The molecule has 0 saturated heterocycles. The van der Waals surface area contributed by atoms with Crippen LogP contribution in [-0.2, 0) is 12.0 Å². The fraction of sp³-hybridized carbons (Fsp3) is 0.333. The summed E-state index contributed by atoms with van der Waals surface area (Å²) in [5.41, 5.74) is 2.18. The van der Waals surface area contributed by atoms with E-state index < -0.39 is 5.60 Å². The number of hydrogen-bond acceptors (Lipinski definition) is 4. The molecule has 150 valence electrons. The number of pyridine rings is 1. The van der Waals surface area contributed by atoms with Crippen molar-refractivity contribution >= 4 is 52.2 Å². The summed E-state index contributed by atoms with van der Waals surface area (Å²) in [6.45, 7) is 5.63. The molecule has 1 unspecified atom stereocenters. The molecule has 7 heteroatoms. The second-order valence-electron chi connectivity index (χ2n) is 6.65. The van der Waals surface area contributed by atoms with Crippen molar-refractivity contribution < 1.29 is 5.11 Å². The number of para-hydroxylation sites is 1. The highest BCUT2D eigenvalue weighted by atomic mass is 127. The molecular weight excluding hydrogens is 483 g/mol. The topological polar surface area (TPSA) is 69.5 Å². The Labute approximate surface area is 187 Å². The zero-order valence-electron chi connectivity index (χ0n) is 16.2. The molecule has 0 aliphatic heterocycles. The molecule has 3 aromatic rings. The number of benzene rings is 1. The second-order valence-corrected chi connectivity index (χ2v) is 7.43. The van der Waals surface area contributed by atoms with Gasteiger partial charge in [0.05, 0.1) is 12.1 Å². The summed E-state index contributed by atoms with van der Waals surface area (Å²) >= 11 is 1.58. The minimum Gasteiger partial charge on any atom is -0.383 e. The summed E-state index contributed by atoms with van der Waals surface area (Å²) in [6.07, 6.45) is 2.68. The van der Waals surface area contributed by atoms with E-state index in [1.165, 1.54) is 5.56 Å². The van der Waals surface area contributed by atoms with Crippen LogP contribution in [0.5, 0.6) is 0 Å². The Balaban J connectivity index is 0.00000280. The molecule has 2 heterocycles. The Morgan fingerprint density at radius 2 is 2.04 bits per heavy atom. The first kappa shape index (κ1) is 22.6. The smallest absolute Gasteiger partial charge is 0.191 e. The molecule has 28 heavy (non-hydrogen) atoms. The van der Waals surface area contributed by atoms with Gasteiger partial charge in [-0.3, -0.25) is 4.98 Å². The van der Waals surface area contributed by atoms with Gasteiger partial charge in [0.2, 0.25) is 0 Å². The molecule has 3 N–H and O–H groups in total. The highest BCUT2D eigenvalue weighted by molar-refractivity contribution is 14.0. The predicted octanol–water partition coefficient (Wildman–Crippen LogP) is 3.92. The lowest BCUT2D eigenvalue weighted by Crippen LogP contribution is -2.39. The minimum absolute atomic E-state index is 0. The van der Waals surface area contributed by atoms with Gasteiger partial charge in [-0.25, -0.2) is 4.99 Å². The first-order chi connectivity index (χ1) is 13.1. The second kappa shape index (κ2) is 10.7. The predicted molar refractivity (Wildman–Crippen MR) is 129 cm³/mol. The number of aromatic nitrogens is 1. The van der Waals surface area contributed by atoms with Crippen molar-refractivity contribution in [2.75, 3.05) is 19.6 Å². The molecule has 0 saturated carbocycles. The summed E-state index contributed by atoms with van der Waals surface area (Å²) in [6, 6.07) is 12.2. The van der Waals surface area contributed by atoms with Crippen molar-refractivity contribution in [2.45, 2.75) is 25.9 Å². The molecule has 0 spiro atoms. The van der Waals surface area contributed by atoms with Crippen molar-refractivity contribution in [3.8, 4) is 0 Å². The number of hydrogen-bond donors (Lipinski definition) is 3. The Kier molecular flexibility index (Phi) is 8.65. The van der Waals surface area contributed by atoms with Gasteiger partial charge in [0, 0.05) is 24.7 Å². The van der Waals surface area contributed by atoms with Crippen molar-refractivity contribution in [3.63, 3.8) is 0 Å². The lowest BCUT2D eigenvalue weighted by atomic mass is 10.00. The van der Waals surface area contributed by atoms with Crippen LogP contribution >= 0.6 is 35.3 Å². The van der Waals surface area contributed by atoms with Gasteiger partial charge in [-0.1, -0.05) is 24.3 Å². The number of nitrogens with one attached hydrogen (secondary N) is 2. The molecule has 0 aliphatic rings. The third kappa shape index (κ3) is 5.89. The SMILES string of the molecule is CCNC(=NCC(C)(O)c1ccsc1)NCCc1cccc2cccnc12.I. The molecular formula is C21H27IN4OS.